The Morgan fingerprint density at radius 2 is 1.92 bits per heavy atom. The number of anilines is 3. The lowest BCUT2D eigenvalue weighted by Gasteiger charge is -2.17. The quantitative estimate of drug-likeness (QED) is 0.804. The molecule has 7 heteroatoms. The fraction of sp³-hybridized carbons (Fsp3) is 0.263. The molecule has 1 unspecified atom stereocenters. The Kier molecular flexibility index (Phi) is 6.10. The molecule has 0 radical (unpaired) electrons. The molecule has 2 aromatic carbocycles. The van der Waals surface area contributed by atoms with Crippen LogP contribution in [-0.2, 0) is 9.59 Å². The van der Waals surface area contributed by atoms with Gasteiger partial charge in [0.25, 0.3) is 0 Å². The van der Waals surface area contributed by atoms with Gasteiger partial charge in [0, 0.05) is 24.3 Å². The largest absolute Gasteiger partial charge is 0.495 e. The number of nitrogens with one attached hydrogen (secondary N) is 1. The number of rotatable bonds is 4. The Morgan fingerprint density at radius 1 is 1.23 bits per heavy atom. The van der Waals surface area contributed by atoms with Crippen LogP contribution in [0.25, 0.3) is 0 Å². The summed E-state index contributed by atoms with van der Waals surface area (Å²) >= 11 is 0. The first-order valence-corrected chi connectivity index (χ1v) is 8.09. The lowest BCUT2D eigenvalue weighted by Crippen LogP contribution is -2.28. The van der Waals surface area contributed by atoms with Crippen molar-refractivity contribution in [3.63, 3.8) is 0 Å². The maximum atomic E-state index is 12.5. The maximum absolute atomic E-state index is 12.5. The molecule has 1 aliphatic rings. The number of nitrogens with two attached hydrogens (primary N) is 1. The number of halogens is 1. The first-order chi connectivity index (χ1) is 12.0. The van der Waals surface area contributed by atoms with Crippen molar-refractivity contribution >= 4 is 41.3 Å². The summed E-state index contributed by atoms with van der Waals surface area (Å²) in [4.78, 5) is 26.4. The summed E-state index contributed by atoms with van der Waals surface area (Å²) in [6, 6.07) is 12.8. The Morgan fingerprint density at radius 3 is 2.54 bits per heavy atom. The molecule has 1 atom stereocenters. The van der Waals surface area contributed by atoms with Gasteiger partial charge in [-0.15, -0.1) is 12.4 Å². The Balaban J connectivity index is 0.00000243. The van der Waals surface area contributed by atoms with Crippen molar-refractivity contribution in [3.05, 3.63) is 48.0 Å². The molecule has 1 fully saturated rings. The third-order valence-corrected chi connectivity index (χ3v) is 4.34. The fourth-order valence-corrected chi connectivity index (χ4v) is 2.91. The van der Waals surface area contributed by atoms with E-state index in [-0.39, 0.29) is 30.6 Å². The smallest absolute Gasteiger partial charge is 0.229 e. The Labute approximate surface area is 158 Å². The van der Waals surface area contributed by atoms with E-state index in [4.69, 9.17) is 10.5 Å². The first kappa shape index (κ1) is 19.6. The minimum atomic E-state index is -0.392. The van der Waals surface area contributed by atoms with E-state index >= 15 is 0 Å². The van der Waals surface area contributed by atoms with E-state index < -0.39 is 5.92 Å². The molecule has 2 aromatic rings. The lowest BCUT2D eigenvalue weighted by atomic mass is 10.1. The third-order valence-electron chi connectivity index (χ3n) is 4.34. The highest BCUT2D eigenvalue weighted by atomic mass is 35.5. The van der Waals surface area contributed by atoms with Crippen molar-refractivity contribution in [2.45, 2.75) is 13.3 Å². The fourth-order valence-electron chi connectivity index (χ4n) is 2.91. The van der Waals surface area contributed by atoms with Crippen LogP contribution < -0.4 is 20.7 Å². The molecule has 0 aliphatic carbocycles. The summed E-state index contributed by atoms with van der Waals surface area (Å²) < 4.78 is 5.10. The van der Waals surface area contributed by atoms with Gasteiger partial charge in [0.05, 0.1) is 18.7 Å². The van der Waals surface area contributed by atoms with E-state index in [1.54, 1.807) is 23.1 Å². The zero-order chi connectivity index (χ0) is 18.0. The number of nitrogens with zero attached hydrogens (tertiary/aromatic N) is 1. The molecule has 2 amide bonds. The van der Waals surface area contributed by atoms with Gasteiger partial charge >= 0.3 is 0 Å². The molecular formula is C19H22ClN3O3. The number of hydrogen-bond donors (Lipinski definition) is 2. The molecule has 0 saturated carbocycles. The molecule has 3 rings (SSSR count). The van der Waals surface area contributed by atoms with Crippen LogP contribution in [0.2, 0.25) is 0 Å². The van der Waals surface area contributed by atoms with E-state index in [1.807, 2.05) is 31.2 Å². The molecule has 26 heavy (non-hydrogen) atoms. The number of aryl methyl sites for hydroxylation is 1. The third kappa shape index (κ3) is 4.08. The average Bonchev–Trinajstić information content (AvgIpc) is 2.98. The molecule has 6 nitrogen and oxygen atoms in total. The molecule has 1 aliphatic heterocycles. The Hall–Kier alpha value is -2.73. The Bertz CT molecular complexity index is 808. The minimum Gasteiger partial charge on any atom is -0.495 e. The monoisotopic (exact) mass is 375 g/mol. The number of benzene rings is 2. The van der Waals surface area contributed by atoms with Crippen LogP contribution in [0.3, 0.4) is 0 Å². The molecule has 0 spiro atoms. The molecule has 0 bridgehead atoms. The highest BCUT2D eigenvalue weighted by molar-refractivity contribution is 6.03. The number of hydrogen-bond acceptors (Lipinski definition) is 4. The van der Waals surface area contributed by atoms with Crippen LogP contribution in [0, 0.1) is 12.8 Å². The summed E-state index contributed by atoms with van der Waals surface area (Å²) in [5.41, 5.74) is 8.84. The highest BCUT2D eigenvalue weighted by Gasteiger charge is 2.35. The first-order valence-electron chi connectivity index (χ1n) is 8.09. The van der Waals surface area contributed by atoms with Crippen LogP contribution in [0.5, 0.6) is 5.75 Å². The second kappa shape index (κ2) is 8.10. The molecule has 138 valence electrons. The van der Waals surface area contributed by atoms with Crippen LogP contribution in [-0.4, -0.2) is 25.5 Å². The van der Waals surface area contributed by atoms with Crippen LogP contribution in [0.1, 0.15) is 12.0 Å². The van der Waals surface area contributed by atoms with E-state index in [0.29, 0.717) is 23.7 Å². The van der Waals surface area contributed by atoms with Crippen LogP contribution >= 0.6 is 12.4 Å². The highest BCUT2D eigenvalue weighted by Crippen LogP contribution is 2.28. The van der Waals surface area contributed by atoms with Crippen molar-refractivity contribution in [2.75, 3.05) is 29.6 Å². The molecule has 1 heterocycles. The summed E-state index contributed by atoms with van der Waals surface area (Å²) in [5, 5.41) is 2.82. The van der Waals surface area contributed by atoms with Gasteiger partial charge in [-0.2, -0.15) is 0 Å². The van der Waals surface area contributed by atoms with E-state index in [1.165, 1.54) is 7.11 Å². The zero-order valence-electron chi connectivity index (χ0n) is 14.7. The van der Waals surface area contributed by atoms with Gasteiger partial charge in [0.1, 0.15) is 5.75 Å². The van der Waals surface area contributed by atoms with Gasteiger partial charge < -0.3 is 20.7 Å². The minimum absolute atomic E-state index is 0. The topological polar surface area (TPSA) is 84.7 Å². The number of carbonyl (C=O) groups is 2. The standard InChI is InChI=1S/C19H21N3O3.ClH/c1-12-3-6-15(7-4-12)22-11-13(9-18(22)23)19(24)21-14-5-8-17(25-2)16(20)10-14;/h3-8,10,13H,9,11,20H2,1-2H3,(H,21,24);1H. The van der Waals surface area contributed by atoms with E-state index in [9.17, 15) is 9.59 Å². The number of ether oxygens (including phenoxy) is 1. The molecular weight excluding hydrogens is 354 g/mol. The van der Waals surface area contributed by atoms with Gasteiger partial charge in [0.15, 0.2) is 0 Å². The SMILES string of the molecule is COc1ccc(NC(=O)C2CC(=O)N(c3ccc(C)cc3)C2)cc1N.Cl. The summed E-state index contributed by atoms with van der Waals surface area (Å²) in [6.45, 7) is 2.37. The predicted molar refractivity (Wildman–Crippen MR) is 105 cm³/mol. The van der Waals surface area contributed by atoms with E-state index in [0.717, 1.165) is 11.3 Å². The van der Waals surface area contributed by atoms with Gasteiger partial charge in [-0.1, -0.05) is 17.7 Å². The second-order valence-electron chi connectivity index (χ2n) is 6.19. The van der Waals surface area contributed by atoms with Crippen molar-refractivity contribution in [1.82, 2.24) is 0 Å². The number of methoxy groups -OCH3 is 1. The van der Waals surface area contributed by atoms with Crippen LogP contribution in [0.4, 0.5) is 17.1 Å². The van der Waals surface area contributed by atoms with Gasteiger partial charge in [-0.3, -0.25) is 9.59 Å². The van der Waals surface area contributed by atoms with Crippen molar-refractivity contribution in [3.8, 4) is 5.75 Å². The predicted octanol–water partition coefficient (Wildman–Crippen LogP) is 3.00. The van der Waals surface area contributed by atoms with E-state index in [2.05, 4.69) is 5.32 Å². The lowest BCUT2D eigenvalue weighted by molar-refractivity contribution is -0.122. The molecule has 3 N–H and O–H groups in total. The zero-order valence-corrected chi connectivity index (χ0v) is 15.5. The van der Waals surface area contributed by atoms with Crippen molar-refractivity contribution < 1.29 is 14.3 Å². The molecule has 1 saturated heterocycles. The number of carbonyl (C=O) groups excluding carboxylic acids is 2. The maximum Gasteiger partial charge on any atom is 0.229 e. The van der Waals surface area contributed by atoms with Crippen LogP contribution in [0.15, 0.2) is 42.5 Å². The molecule has 0 aromatic heterocycles. The summed E-state index contributed by atoms with van der Waals surface area (Å²) in [6.07, 6.45) is 0.200. The van der Waals surface area contributed by atoms with Gasteiger partial charge in [0.2, 0.25) is 11.8 Å². The number of nitrogen functional groups attached to an aromatic ring is 1. The van der Waals surface area contributed by atoms with Gasteiger partial charge in [-0.25, -0.2) is 0 Å². The second-order valence-corrected chi connectivity index (χ2v) is 6.19. The normalized spacial score (nSPS) is 16.2. The average molecular weight is 376 g/mol. The number of amides is 2. The summed E-state index contributed by atoms with van der Waals surface area (Å²) in [7, 11) is 1.54. The van der Waals surface area contributed by atoms with Crippen molar-refractivity contribution in [2.24, 2.45) is 5.92 Å². The summed E-state index contributed by atoms with van der Waals surface area (Å²) in [5.74, 6) is -0.0671. The van der Waals surface area contributed by atoms with Crippen molar-refractivity contribution in [1.29, 1.82) is 0 Å². The van der Waals surface area contributed by atoms with Gasteiger partial charge in [-0.05, 0) is 37.3 Å².